The van der Waals surface area contributed by atoms with E-state index < -0.39 is 30.0 Å². The molecule has 8 nitrogen and oxygen atoms in total. The molecule has 0 aliphatic heterocycles. The molecule has 0 bridgehead atoms. The molecule has 9 heteroatoms. The third kappa shape index (κ3) is 2.11. The third-order valence-corrected chi connectivity index (χ3v) is 4.96. The predicted octanol–water partition coefficient (Wildman–Crippen LogP) is 1.16. The molecular formula is C7H13N2O6P. The van der Waals surface area contributed by atoms with Gasteiger partial charge in [0.15, 0.2) is 0 Å². The van der Waals surface area contributed by atoms with Crippen molar-refractivity contribution >= 4 is 30.0 Å². The van der Waals surface area contributed by atoms with Crippen LogP contribution in [0, 0.1) is 0 Å². The van der Waals surface area contributed by atoms with Gasteiger partial charge in [-0.25, -0.2) is 0 Å². The van der Waals surface area contributed by atoms with Gasteiger partial charge in [0.25, 0.3) is 0 Å². The van der Waals surface area contributed by atoms with Gasteiger partial charge < -0.3 is 0 Å². The fraction of sp³-hybridized carbons (Fsp3) is 0.429. The minimum atomic E-state index is -4.84. The van der Waals surface area contributed by atoms with Crippen molar-refractivity contribution in [3.8, 4) is 0 Å². The number of carboxylic acid groups (broad SMARTS) is 2. The number of amides is 2. The number of hydrogen-bond acceptors (Lipinski definition) is 4. The second-order valence-corrected chi connectivity index (χ2v) is 6.06. The maximum absolute atomic E-state index is 11.5. The van der Waals surface area contributed by atoms with Gasteiger partial charge in [0.1, 0.15) is 0 Å². The van der Waals surface area contributed by atoms with E-state index in [1.807, 2.05) is 5.32 Å². The Morgan fingerprint density at radius 2 is 1.50 bits per heavy atom. The van der Waals surface area contributed by atoms with Crippen LogP contribution in [0.15, 0.2) is 0 Å². The summed E-state index contributed by atoms with van der Waals surface area (Å²) in [7, 11) is -3.77. The molecule has 0 unspecified atom stereocenters. The van der Waals surface area contributed by atoms with Gasteiger partial charge in [-0.3, -0.25) is 0 Å². The van der Waals surface area contributed by atoms with Gasteiger partial charge in [-0.15, -0.1) is 0 Å². The summed E-state index contributed by atoms with van der Waals surface area (Å²) >= 11 is 0. The molecule has 0 radical (unpaired) electrons. The summed E-state index contributed by atoms with van der Waals surface area (Å²) in [5.74, 6) is 0. The second kappa shape index (κ2) is 5.41. The molecule has 0 aromatic heterocycles. The van der Waals surface area contributed by atoms with Crippen LogP contribution >= 0.6 is 7.26 Å². The van der Waals surface area contributed by atoms with Gasteiger partial charge in [0, 0.05) is 0 Å². The summed E-state index contributed by atoms with van der Waals surface area (Å²) in [5.41, 5.74) is -6.30. The van der Waals surface area contributed by atoms with Crippen LogP contribution in [-0.2, 0) is 0 Å². The zero-order valence-electron chi connectivity index (χ0n) is 8.73. The van der Waals surface area contributed by atoms with Crippen LogP contribution in [0.3, 0.4) is 0 Å². The molecule has 4 N–H and O–H groups in total. The Bertz CT molecular complexity index is 328. The summed E-state index contributed by atoms with van der Waals surface area (Å²) in [5, 5.41) is 21.7. The van der Waals surface area contributed by atoms with Crippen LogP contribution in [0.4, 0.5) is 19.2 Å². The van der Waals surface area contributed by atoms with Crippen molar-refractivity contribution in [2.45, 2.75) is 6.92 Å². The van der Waals surface area contributed by atoms with Crippen molar-refractivity contribution in [1.29, 1.82) is 0 Å². The van der Waals surface area contributed by atoms with Crippen LogP contribution in [-0.4, -0.2) is 46.5 Å². The van der Waals surface area contributed by atoms with E-state index in [4.69, 9.17) is 10.2 Å². The Morgan fingerprint density at radius 3 is 1.75 bits per heavy atom. The Balaban J connectivity index is 5.63. The quantitative estimate of drug-likeness (QED) is 0.542. The average molecular weight is 252 g/mol. The van der Waals surface area contributed by atoms with Crippen LogP contribution in [0.2, 0.25) is 0 Å². The number of nitrogens with one attached hydrogen (secondary N) is 2. The van der Waals surface area contributed by atoms with Gasteiger partial charge in [0.05, 0.1) is 0 Å². The van der Waals surface area contributed by atoms with Crippen LogP contribution in [0.25, 0.3) is 0 Å². The second-order valence-electron chi connectivity index (χ2n) is 2.80. The Hall–Kier alpha value is -1.69. The van der Waals surface area contributed by atoms with Crippen molar-refractivity contribution in [1.82, 2.24) is 10.6 Å². The molecule has 16 heavy (non-hydrogen) atoms. The molecule has 0 saturated carbocycles. The van der Waals surface area contributed by atoms with Gasteiger partial charge in [-0.2, -0.15) is 0 Å². The zero-order chi connectivity index (χ0) is 12.9. The van der Waals surface area contributed by atoms with E-state index in [9.17, 15) is 19.2 Å². The zero-order valence-corrected chi connectivity index (χ0v) is 9.73. The normalized spacial score (nSPS) is 11.4. The van der Waals surface area contributed by atoms with Crippen molar-refractivity contribution in [2.75, 3.05) is 13.6 Å². The summed E-state index contributed by atoms with van der Waals surface area (Å²) < 4.78 is 0. The number of carbonyl (C=O) groups is 4. The first-order chi connectivity index (χ1) is 7.35. The molecule has 92 valence electrons. The molecule has 0 aliphatic carbocycles. The van der Waals surface area contributed by atoms with E-state index in [0.29, 0.717) is 0 Å². The SMILES string of the molecule is CCNC(=O)[PH](C(=O)O)(C(=O)O)C(=O)NC. The maximum atomic E-state index is 11.5. The Morgan fingerprint density at radius 1 is 1.06 bits per heavy atom. The van der Waals surface area contributed by atoms with Crippen LogP contribution in [0.5, 0.6) is 0 Å². The molecular weight excluding hydrogens is 239 g/mol. The van der Waals surface area contributed by atoms with Gasteiger partial charge >= 0.3 is 90.5 Å². The molecule has 0 spiro atoms. The van der Waals surface area contributed by atoms with Crippen molar-refractivity contribution in [3.05, 3.63) is 0 Å². The van der Waals surface area contributed by atoms with Crippen LogP contribution in [0.1, 0.15) is 6.92 Å². The Kier molecular flexibility index (Phi) is 4.84. The summed E-state index contributed by atoms with van der Waals surface area (Å²) in [6.07, 6.45) is 0. The van der Waals surface area contributed by atoms with E-state index >= 15 is 0 Å². The standard InChI is InChI=1S/C7H13N2O6P/c1-3-9-5(11)16(6(12)13,7(14)15)4(10)8-2/h16H,3H2,1-2H3,(H,8,10)(H,9,11)(H,12,13)(H,14,15). The van der Waals surface area contributed by atoms with Crippen molar-refractivity contribution in [3.63, 3.8) is 0 Å². The first-order valence-electron chi connectivity index (χ1n) is 4.32. The van der Waals surface area contributed by atoms with Gasteiger partial charge in [-0.05, 0) is 0 Å². The Labute approximate surface area is 91.3 Å². The monoisotopic (exact) mass is 252 g/mol. The molecule has 0 heterocycles. The number of carbonyl (C=O) groups excluding carboxylic acids is 2. The molecule has 0 aromatic carbocycles. The van der Waals surface area contributed by atoms with Crippen molar-refractivity contribution in [2.24, 2.45) is 0 Å². The number of hydrogen-bond donors (Lipinski definition) is 4. The van der Waals surface area contributed by atoms with E-state index in [0.717, 1.165) is 7.05 Å². The molecule has 2 amide bonds. The first kappa shape index (κ1) is 14.3. The van der Waals surface area contributed by atoms with E-state index in [-0.39, 0.29) is 6.54 Å². The topological polar surface area (TPSA) is 133 Å². The molecule has 0 saturated heterocycles. The molecule has 0 aliphatic rings. The first-order valence-corrected chi connectivity index (χ1v) is 6.32. The fourth-order valence-corrected chi connectivity index (χ4v) is 3.05. The predicted molar refractivity (Wildman–Crippen MR) is 57.9 cm³/mol. The molecule has 0 fully saturated rings. The van der Waals surface area contributed by atoms with Gasteiger partial charge in [0.2, 0.25) is 0 Å². The fourth-order valence-electron chi connectivity index (χ4n) is 1.06. The summed E-state index contributed by atoms with van der Waals surface area (Å²) in [6.45, 7) is 1.54. The minimum absolute atomic E-state index is 0.0468. The third-order valence-electron chi connectivity index (χ3n) is 1.89. The molecule has 0 aromatic rings. The summed E-state index contributed by atoms with van der Waals surface area (Å²) in [4.78, 5) is 44.7. The van der Waals surface area contributed by atoms with Crippen LogP contribution < -0.4 is 10.6 Å². The van der Waals surface area contributed by atoms with Crippen molar-refractivity contribution < 1.29 is 29.4 Å². The average Bonchev–Trinajstić information content (AvgIpc) is 2.17. The molecule has 0 atom stereocenters. The number of rotatable bonds is 5. The van der Waals surface area contributed by atoms with E-state index in [2.05, 4.69) is 5.32 Å². The summed E-state index contributed by atoms with van der Waals surface area (Å²) in [6, 6.07) is 0. The molecule has 0 rings (SSSR count). The van der Waals surface area contributed by atoms with E-state index in [1.165, 1.54) is 6.92 Å². The van der Waals surface area contributed by atoms with Gasteiger partial charge in [-0.1, -0.05) is 0 Å². The van der Waals surface area contributed by atoms with E-state index in [1.54, 1.807) is 0 Å².